The van der Waals surface area contributed by atoms with Crippen LogP contribution >= 0.6 is 11.6 Å². The van der Waals surface area contributed by atoms with E-state index in [1.165, 1.54) is 6.38 Å². The summed E-state index contributed by atoms with van der Waals surface area (Å²) in [5.74, 6) is 1.16. The molecule has 0 saturated carbocycles. The van der Waals surface area contributed by atoms with Crippen LogP contribution < -0.4 is 0 Å². The minimum atomic E-state index is -1.89. The van der Waals surface area contributed by atoms with Gasteiger partial charge in [-0.1, -0.05) is 0 Å². The molecule has 1 heterocycles. The summed E-state index contributed by atoms with van der Waals surface area (Å²) in [6.45, 7) is 24.8. The summed E-state index contributed by atoms with van der Waals surface area (Å²) in [5.41, 5.74) is 16.7. The van der Waals surface area contributed by atoms with Crippen molar-refractivity contribution in [1.29, 1.82) is 0 Å². The second kappa shape index (κ2) is 9.32. The Bertz CT molecular complexity index is 1130. The number of allylic oxidation sites excluding steroid dienone is 2. The molecule has 0 saturated heterocycles. The molecule has 3 heteroatoms. The minimum Gasteiger partial charge on any atom is -0.130 e. The summed E-state index contributed by atoms with van der Waals surface area (Å²) in [6, 6.07) is 9.78. The van der Waals surface area contributed by atoms with Crippen LogP contribution in [0.2, 0.25) is 13.1 Å². The zero-order valence-electron chi connectivity index (χ0n) is 23.0. The van der Waals surface area contributed by atoms with Crippen LogP contribution in [0.3, 0.4) is 0 Å². The zero-order valence-corrected chi connectivity index (χ0v) is 27.2. The fraction of sp³-hybridized carbons (Fsp3) is 0.484. The Labute approximate surface area is 225 Å². The molecule has 0 radical (unpaired) electrons. The van der Waals surface area contributed by atoms with Crippen molar-refractivity contribution in [3.8, 4) is 0 Å². The van der Waals surface area contributed by atoms with Crippen molar-refractivity contribution in [1.82, 2.24) is 0 Å². The van der Waals surface area contributed by atoms with E-state index in [4.69, 9.17) is 0 Å². The maximum absolute atomic E-state index is 4.64. The second-order valence-electron chi connectivity index (χ2n) is 11.6. The fourth-order valence-corrected chi connectivity index (χ4v) is 17.6. The molecule has 2 aliphatic carbocycles. The third-order valence-electron chi connectivity index (χ3n) is 8.55. The van der Waals surface area contributed by atoms with E-state index < -0.39 is 31.3 Å². The molecule has 0 spiro atoms. The van der Waals surface area contributed by atoms with Crippen LogP contribution in [0.4, 0.5) is 0 Å². The summed E-state index contributed by atoms with van der Waals surface area (Å²) >= 11 is 3.85. The standard InChI is InChI=1S/C30H38Si.CH3Cl.Zr/c1-17(2)23-13-11-19(5)25-15-21(7)29(27(23)25)31(9,10)30-22(8)16-26-20(6)12-14-24(18(3)4)28(26)30;1-2;/h11-18H,1-10H3;1H3;. The summed E-state index contributed by atoms with van der Waals surface area (Å²) in [5, 5.41) is 3.62. The van der Waals surface area contributed by atoms with E-state index >= 15 is 0 Å². The van der Waals surface area contributed by atoms with Crippen molar-refractivity contribution in [3.05, 3.63) is 79.9 Å². The Balaban J connectivity index is 0.00000133. The molecule has 5 rings (SSSR count). The van der Waals surface area contributed by atoms with Crippen LogP contribution in [0.5, 0.6) is 0 Å². The van der Waals surface area contributed by atoms with Crippen molar-refractivity contribution < 1.29 is 23.2 Å². The monoisotopic (exact) mass is 566 g/mol. The van der Waals surface area contributed by atoms with Gasteiger partial charge < -0.3 is 0 Å². The largest absolute Gasteiger partial charge is 0.130 e. The van der Waals surface area contributed by atoms with Gasteiger partial charge >= 0.3 is 209 Å². The molecular formula is C31H41ClSiZr. The van der Waals surface area contributed by atoms with E-state index in [1.807, 2.05) is 10.4 Å². The second-order valence-corrected chi connectivity index (χ2v) is 19.5. The van der Waals surface area contributed by atoms with Gasteiger partial charge in [-0.05, 0) is 0 Å². The molecule has 4 bridgehead atoms. The van der Waals surface area contributed by atoms with Gasteiger partial charge in [0.15, 0.2) is 0 Å². The molecule has 0 nitrogen and oxygen atoms in total. The average Bonchev–Trinajstić information content (AvgIpc) is 3.24. The Kier molecular flexibility index (Phi) is 7.23. The molecule has 0 amide bonds. The first kappa shape index (κ1) is 26.4. The first-order valence-electron chi connectivity index (χ1n) is 12.8. The number of benzene rings is 2. The van der Waals surface area contributed by atoms with Gasteiger partial charge in [0.1, 0.15) is 0 Å². The van der Waals surface area contributed by atoms with Gasteiger partial charge in [0.05, 0.1) is 0 Å². The first-order chi connectivity index (χ1) is 16.0. The van der Waals surface area contributed by atoms with E-state index in [1.54, 1.807) is 55.7 Å². The van der Waals surface area contributed by atoms with Gasteiger partial charge in [-0.2, -0.15) is 0 Å². The quantitative estimate of drug-likeness (QED) is 0.250. The summed E-state index contributed by atoms with van der Waals surface area (Å²) in [6.07, 6.45) is 1.47. The molecule has 0 aromatic heterocycles. The van der Waals surface area contributed by atoms with Crippen LogP contribution in [-0.2, 0) is 23.2 Å². The van der Waals surface area contributed by atoms with Gasteiger partial charge in [-0.15, -0.1) is 11.6 Å². The van der Waals surface area contributed by atoms with Crippen molar-refractivity contribution in [2.24, 2.45) is 0 Å². The SMILES string of the molecule is CC1=C2c3c(C(C)C)ccc(C)c3[CH]1[Zr][CH]1C(C)=C(c3c(C(C)C)ccc(C)c31)[Si]2(C)C.CCl. The van der Waals surface area contributed by atoms with Crippen molar-refractivity contribution in [2.75, 3.05) is 6.38 Å². The van der Waals surface area contributed by atoms with Crippen molar-refractivity contribution in [3.63, 3.8) is 0 Å². The van der Waals surface area contributed by atoms with Crippen molar-refractivity contribution >= 4 is 30.1 Å². The van der Waals surface area contributed by atoms with Gasteiger partial charge in [0, 0.05) is 6.38 Å². The van der Waals surface area contributed by atoms with E-state index in [9.17, 15) is 0 Å². The number of halogens is 1. The number of rotatable bonds is 2. The molecule has 2 aromatic carbocycles. The van der Waals surface area contributed by atoms with Crippen LogP contribution in [-0.4, -0.2) is 14.5 Å². The minimum absolute atomic E-state index is 0.579. The summed E-state index contributed by atoms with van der Waals surface area (Å²) in [4.78, 5) is 0. The Morgan fingerprint density at radius 3 is 1.35 bits per heavy atom. The van der Waals surface area contributed by atoms with Crippen LogP contribution in [0.1, 0.15) is 105 Å². The summed E-state index contributed by atoms with van der Waals surface area (Å²) < 4.78 is 1.48. The molecule has 1 aliphatic heterocycles. The average molecular weight is 568 g/mol. The molecule has 0 N–H and O–H groups in total. The van der Waals surface area contributed by atoms with Crippen LogP contribution in [0.15, 0.2) is 35.4 Å². The molecule has 2 atom stereocenters. The van der Waals surface area contributed by atoms with Crippen LogP contribution in [0, 0.1) is 13.8 Å². The molecule has 0 fully saturated rings. The van der Waals surface area contributed by atoms with Gasteiger partial charge in [0.25, 0.3) is 0 Å². The number of hydrogen-bond donors (Lipinski definition) is 0. The van der Waals surface area contributed by atoms with E-state index in [0.717, 1.165) is 7.25 Å². The number of alkyl halides is 1. The smallest absolute Gasteiger partial charge is 0.0108 e. The molecule has 2 aromatic rings. The zero-order chi connectivity index (χ0) is 25.3. The van der Waals surface area contributed by atoms with Gasteiger partial charge in [-0.25, -0.2) is 0 Å². The first-order valence-corrected chi connectivity index (χ1v) is 19.4. The van der Waals surface area contributed by atoms with E-state index in [2.05, 4.69) is 104 Å². The molecule has 180 valence electrons. The number of fused-ring (bicyclic) bond motifs is 8. The molecule has 2 unspecified atom stereocenters. The Morgan fingerprint density at radius 1 is 0.676 bits per heavy atom. The Morgan fingerprint density at radius 2 is 1.03 bits per heavy atom. The maximum Gasteiger partial charge on any atom is 0.0108 e. The van der Waals surface area contributed by atoms with Crippen molar-refractivity contribution in [2.45, 2.75) is 87.6 Å². The normalized spacial score (nSPS) is 21.7. The number of aryl methyl sites for hydroxylation is 2. The predicted molar refractivity (Wildman–Crippen MR) is 150 cm³/mol. The van der Waals surface area contributed by atoms with Gasteiger partial charge in [-0.3, -0.25) is 0 Å². The van der Waals surface area contributed by atoms with Crippen LogP contribution in [0.25, 0.3) is 10.4 Å². The van der Waals surface area contributed by atoms with E-state index in [0.29, 0.717) is 11.8 Å². The van der Waals surface area contributed by atoms with Gasteiger partial charge in [0.2, 0.25) is 0 Å². The maximum atomic E-state index is 4.64. The topological polar surface area (TPSA) is 0 Å². The third kappa shape index (κ3) is 3.61. The number of hydrogen-bond acceptors (Lipinski definition) is 0. The predicted octanol–water partition coefficient (Wildman–Crippen LogP) is 9.64. The summed E-state index contributed by atoms with van der Waals surface area (Å²) in [7, 11) is -1.89. The molecule has 3 aliphatic rings. The molecule has 34 heavy (non-hydrogen) atoms. The third-order valence-corrected chi connectivity index (χ3v) is 17.5. The fourth-order valence-electron chi connectivity index (χ4n) is 7.18. The molecular weight excluding hydrogens is 527 g/mol. The van der Waals surface area contributed by atoms with E-state index in [-0.39, 0.29) is 0 Å². The Hall–Kier alpha value is -0.690.